The van der Waals surface area contributed by atoms with Crippen molar-refractivity contribution in [2.75, 3.05) is 6.54 Å². The Morgan fingerprint density at radius 3 is 2.56 bits per heavy atom. The number of benzene rings is 2. The molecule has 0 aliphatic carbocycles. The zero-order valence-corrected chi connectivity index (χ0v) is 19.3. The molecule has 0 spiro atoms. The molecule has 0 radical (unpaired) electrons. The minimum absolute atomic E-state index is 0.0370. The van der Waals surface area contributed by atoms with Crippen LogP contribution in [0.4, 0.5) is 8.87 Å². The van der Waals surface area contributed by atoms with Crippen molar-refractivity contribution < 1.29 is 23.3 Å². The second kappa shape index (κ2) is 9.60. The van der Waals surface area contributed by atoms with Crippen molar-refractivity contribution in [3.8, 4) is 0 Å². The number of nitrogens with zero attached hydrogens (tertiary/aromatic N) is 3. The van der Waals surface area contributed by atoms with Crippen molar-refractivity contribution in [3.05, 3.63) is 69.8 Å². The Bertz CT molecular complexity index is 1280. The second-order valence-corrected chi connectivity index (χ2v) is 8.95. The number of carbonyl (C=O) groups is 3. The Balaban J connectivity index is 1.55. The van der Waals surface area contributed by atoms with Crippen LogP contribution in [-0.4, -0.2) is 51.1 Å². The van der Waals surface area contributed by atoms with Gasteiger partial charge in [0.1, 0.15) is 18.8 Å². The topological polar surface area (TPSA) is 88.6 Å². The number of amides is 3. The highest BCUT2D eigenvalue weighted by atomic mass is 35.5. The molecule has 1 aromatic heterocycles. The smallest absolute Gasteiger partial charge is 0.273 e. The summed E-state index contributed by atoms with van der Waals surface area (Å²) in [4.78, 5) is 38.7. The van der Waals surface area contributed by atoms with Crippen LogP contribution >= 0.6 is 23.2 Å². The van der Waals surface area contributed by atoms with E-state index >= 15 is 0 Å². The summed E-state index contributed by atoms with van der Waals surface area (Å²) in [5.41, 5.74) is 6.55. The first-order chi connectivity index (χ1) is 16.1. The highest BCUT2D eigenvalue weighted by Gasteiger charge is 2.42. The summed E-state index contributed by atoms with van der Waals surface area (Å²) in [5.74, 6) is -2.32. The molecule has 1 aliphatic rings. The SMILES string of the molecule is NC(=O)c1cn(CC(=O)N2C[C@H](F)C[C@H]2C(=O)N(F)Cc2cccc(Cl)c2)c2cc(Cl)ccc12. The van der Waals surface area contributed by atoms with E-state index in [2.05, 4.69) is 0 Å². The average Bonchev–Trinajstić information content (AvgIpc) is 3.34. The van der Waals surface area contributed by atoms with Crippen LogP contribution in [0, 0.1) is 0 Å². The molecule has 3 aromatic rings. The Morgan fingerprint density at radius 1 is 1.12 bits per heavy atom. The van der Waals surface area contributed by atoms with Crippen LogP contribution in [0.1, 0.15) is 22.3 Å². The molecule has 0 unspecified atom stereocenters. The minimum atomic E-state index is -1.48. The van der Waals surface area contributed by atoms with E-state index in [1.165, 1.54) is 16.8 Å². The molecule has 4 rings (SSSR count). The Hall–Kier alpha value is -3.17. The maximum atomic E-state index is 14.7. The molecule has 2 N–H and O–H groups in total. The highest BCUT2D eigenvalue weighted by Crippen LogP contribution is 2.27. The standard InChI is InChI=1S/C23H20Cl2F2N4O3/c24-14-3-1-2-13(6-14)9-31(27)23(34)20-8-16(26)10-30(20)21(32)12-29-11-18(22(28)33)17-5-4-15(25)7-19(17)29/h1-7,11,16,20H,8-10,12H2,(H2,28,33)/t16-,20+/m1/s1. The monoisotopic (exact) mass is 508 g/mol. The van der Waals surface area contributed by atoms with Gasteiger partial charge in [-0.25, -0.2) is 4.39 Å². The van der Waals surface area contributed by atoms with E-state index in [0.717, 1.165) is 4.90 Å². The lowest BCUT2D eigenvalue weighted by molar-refractivity contribution is -0.156. The first-order valence-electron chi connectivity index (χ1n) is 10.4. The van der Waals surface area contributed by atoms with Crippen LogP contribution in [0.2, 0.25) is 10.0 Å². The molecule has 2 atom stereocenters. The van der Waals surface area contributed by atoms with Crippen molar-refractivity contribution in [1.82, 2.24) is 14.6 Å². The number of hydrogen-bond acceptors (Lipinski definition) is 3. The summed E-state index contributed by atoms with van der Waals surface area (Å²) in [5, 5.41) is 1.22. The van der Waals surface area contributed by atoms with Gasteiger partial charge >= 0.3 is 0 Å². The Labute approximate surface area is 203 Å². The number of primary amides is 1. The van der Waals surface area contributed by atoms with E-state index in [9.17, 15) is 23.3 Å². The molecule has 2 aromatic carbocycles. The second-order valence-electron chi connectivity index (χ2n) is 8.08. The quantitative estimate of drug-likeness (QED) is 0.512. The fraction of sp³-hybridized carbons (Fsp3) is 0.261. The van der Waals surface area contributed by atoms with E-state index in [-0.39, 0.29) is 30.2 Å². The number of fused-ring (bicyclic) bond motifs is 1. The minimum Gasteiger partial charge on any atom is -0.366 e. The maximum Gasteiger partial charge on any atom is 0.273 e. The molecular weight excluding hydrogens is 489 g/mol. The number of likely N-dealkylation sites (tertiary alicyclic amines) is 1. The third-order valence-electron chi connectivity index (χ3n) is 5.72. The normalized spacial score (nSPS) is 17.8. The summed E-state index contributed by atoms with van der Waals surface area (Å²) in [6.07, 6.45) is -0.387. The van der Waals surface area contributed by atoms with Crippen LogP contribution in [0.15, 0.2) is 48.7 Å². The molecule has 7 nitrogen and oxygen atoms in total. The number of hydrogen-bond donors (Lipinski definition) is 1. The maximum absolute atomic E-state index is 14.7. The van der Waals surface area contributed by atoms with Gasteiger partial charge in [0.2, 0.25) is 5.91 Å². The number of rotatable bonds is 6. The van der Waals surface area contributed by atoms with Crippen molar-refractivity contribution in [2.45, 2.75) is 31.7 Å². The fourth-order valence-electron chi connectivity index (χ4n) is 4.16. The molecule has 2 heterocycles. The summed E-state index contributed by atoms with van der Waals surface area (Å²) in [6, 6.07) is 9.80. The first-order valence-corrected chi connectivity index (χ1v) is 11.1. The summed E-state index contributed by atoms with van der Waals surface area (Å²) in [7, 11) is 0. The lowest BCUT2D eigenvalue weighted by atomic mass is 10.1. The predicted octanol–water partition coefficient (Wildman–Crippen LogP) is 3.90. The lowest BCUT2D eigenvalue weighted by Crippen LogP contribution is -2.46. The summed E-state index contributed by atoms with van der Waals surface area (Å²) >= 11 is 12.0. The van der Waals surface area contributed by atoms with Gasteiger partial charge in [0.25, 0.3) is 11.8 Å². The first kappa shape index (κ1) is 24.0. The van der Waals surface area contributed by atoms with Gasteiger partial charge in [0.05, 0.1) is 24.2 Å². The van der Waals surface area contributed by atoms with E-state index in [1.807, 2.05) is 0 Å². The van der Waals surface area contributed by atoms with E-state index in [4.69, 9.17) is 28.9 Å². The van der Waals surface area contributed by atoms with Crippen LogP contribution in [-0.2, 0) is 22.7 Å². The summed E-state index contributed by atoms with van der Waals surface area (Å²) in [6.45, 7) is -1.05. The van der Waals surface area contributed by atoms with Gasteiger partial charge in [0.15, 0.2) is 0 Å². The van der Waals surface area contributed by atoms with E-state index < -0.39 is 36.5 Å². The molecule has 0 saturated carbocycles. The van der Waals surface area contributed by atoms with Crippen molar-refractivity contribution in [2.24, 2.45) is 5.73 Å². The predicted molar refractivity (Wildman–Crippen MR) is 124 cm³/mol. The Morgan fingerprint density at radius 2 is 1.85 bits per heavy atom. The van der Waals surface area contributed by atoms with E-state index in [0.29, 0.717) is 26.5 Å². The number of halogens is 4. The average molecular weight is 509 g/mol. The van der Waals surface area contributed by atoms with Crippen molar-refractivity contribution in [1.29, 1.82) is 0 Å². The molecule has 11 heteroatoms. The van der Waals surface area contributed by atoms with Crippen LogP contribution < -0.4 is 5.73 Å². The molecule has 1 saturated heterocycles. The zero-order chi connectivity index (χ0) is 24.6. The molecule has 178 valence electrons. The van der Waals surface area contributed by atoms with E-state index in [1.54, 1.807) is 36.4 Å². The Kier molecular flexibility index (Phi) is 6.77. The van der Waals surface area contributed by atoms with Gasteiger partial charge in [0, 0.05) is 28.0 Å². The molecule has 34 heavy (non-hydrogen) atoms. The fourth-order valence-corrected chi connectivity index (χ4v) is 4.54. The van der Waals surface area contributed by atoms with Gasteiger partial charge in [-0.3, -0.25) is 14.4 Å². The van der Waals surface area contributed by atoms with Crippen LogP contribution in [0.3, 0.4) is 0 Å². The van der Waals surface area contributed by atoms with Gasteiger partial charge < -0.3 is 15.2 Å². The van der Waals surface area contributed by atoms with Crippen LogP contribution in [0.25, 0.3) is 10.9 Å². The van der Waals surface area contributed by atoms with Gasteiger partial charge in [-0.15, -0.1) is 0 Å². The number of aromatic nitrogens is 1. The largest absolute Gasteiger partial charge is 0.366 e. The third kappa shape index (κ3) is 4.85. The molecular formula is C23H20Cl2F2N4O3. The van der Waals surface area contributed by atoms with Gasteiger partial charge in [-0.05, 0) is 29.8 Å². The summed E-state index contributed by atoms with van der Waals surface area (Å²) < 4.78 is 30.4. The van der Waals surface area contributed by atoms with Gasteiger partial charge in [-0.2, -0.15) is 5.12 Å². The zero-order valence-electron chi connectivity index (χ0n) is 17.8. The molecule has 0 bridgehead atoms. The number of alkyl halides is 1. The molecule has 3 amide bonds. The molecule has 1 aliphatic heterocycles. The van der Waals surface area contributed by atoms with Crippen molar-refractivity contribution >= 4 is 51.8 Å². The number of carbonyl (C=O) groups excluding carboxylic acids is 3. The lowest BCUT2D eigenvalue weighted by Gasteiger charge is -2.25. The van der Waals surface area contributed by atoms with Crippen molar-refractivity contribution in [3.63, 3.8) is 0 Å². The van der Waals surface area contributed by atoms with Gasteiger partial charge in [-0.1, -0.05) is 45.9 Å². The number of nitrogens with two attached hydrogens (primary N) is 1. The van der Waals surface area contributed by atoms with Crippen LogP contribution in [0.5, 0.6) is 0 Å². The molecule has 1 fully saturated rings. The highest BCUT2D eigenvalue weighted by molar-refractivity contribution is 6.31. The third-order valence-corrected chi connectivity index (χ3v) is 6.19.